The molecule has 0 N–H and O–H groups in total. The van der Waals surface area contributed by atoms with Gasteiger partial charge in [-0.1, -0.05) is 39.2 Å². The van der Waals surface area contributed by atoms with Crippen molar-refractivity contribution in [3.05, 3.63) is 36.5 Å². The lowest BCUT2D eigenvalue weighted by molar-refractivity contribution is 0.857. The van der Waals surface area contributed by atoms with Crippen LogP contribution in [-0.4, -0.2) is 0 Å². The Bertz CT molecular complexity index is 131. The Morgan fingerprint density at radius 2 is 1.30 bits per heavy atom. The lowest BCUT2D eigenvalue weighted by Gasteiger charge is -2.16. The Morgan fingerprint density at radius 3 is 1.40 bits per heavy atom. The molecule has 0 saturated heterocycles. The maximum absolute atomic E-state index is 3.68. The van der Waals surface area contributed by atoms with Crippen LogP contribution in [0, 0.1) is 0 Å². The van der Waals surface area contributed by atoms with Crippen molar-refractivity contribution in [2.75, 3.05) is 0 Å². The predicted octanol–water partition coefficient (Wildman–Crippen LogP) is 3.48. The molecule has 0 spiro atoms. The minimum atomic E-state index is 1.20. The minimum absolute atomic E-state index is 1.20. The summed E-state index contributed by atoms with van der Waals surface area (Å²) in [5.74, 6) is 0. The van der Waals surface area contributed by atoms with E-state index < -0.39 is 0 Å². The van der Waals surface area contributed by atoms with Crippen molar-refractivity contribution in [1.82, 2.24) is 0 Å². The Labute approximate surface area is 64.0 Å². The molecule has 0 aromatic rings. The summed E-state index contributed by atoms with van der Waals surface area (Å²) < 4.78 is 0. The molecule has 0 aromatic heterocycles. The Hall–Kier alpha value is -0.780. The van der Waals surface area contributed by atoms with E-state index in [1.807, 2.05) is 26.0 Å². The van der Waals surface area contributed by atoms with Gasteiger partial charge in [0.2, 0.25) is 0 Å². The van der Waals surface area contributed by atoms with E-state index in [-0.39, 0.29) is 0 Å². The zero-order valence-electron chi connectivity index (χ0n) is 6.98. The third-order valence-electron chi connectivity index (χ3n) is 1.57. The first-order valence-electron chi connectivity index (χ1n) is 3.85. The molecule has 10 heavy (non-hydrogen) atoms. The van der Waals surface area contributed by atoms with Gasteiger partial charge in [-0.3, -0.25) is 0 Å². The molecule has 0 aromatic carbocycles. The molecule has 0 heteroatoms. The molecule has 0 amide bonds. The molecule has 0 aliphatic heterocycles. The fraction of sp³-hybridized carbons (Fsp3) is 0.400. The summed E-state index contributed by atoms with van der Waals surface area (Å²) in [5.41, 5.74) is 2.75. The quantitative estimate of drug-likeness (QED) is 0.545. The van der Waals surface area contributed by atoms with Crippen molar-refractivity contribution in [2.45, 2.75) is 26.7 Å². The summed E-state index contributed by atoms with van der Waals surface area (Å²) in [6, 6.07) is 0. The molecule has 0 bridgehead atoms. The van der Waals surface area contributed by atoms with E-state index >= 15 is 0 Å². The van der Waals surface area contributed by atoms with Crippen LogP contribution in [0.25, 0.3) is 0 Å². The van der Waals surface area contributed by atoms with Gasteiger partial charge in [-0.25, -0.2) is 0 Å². The molecule has 0 radical (unpaired) electrons. The molecule has 0 saturated carbocycles. The van der Waals surface area contributed by atoms with E-state index in [1.54, 1.807) is 0 Å². The monoisotopic (exact) mass is 136 g/mol. The van der Waals surface area contributed by atoms with Crippen molar-refractivity contribution in [3.8, 4) is 0 Å². The van der Waals surface area contributed by atoms with Crippen LogP contribution in [0.2, 0.25) is 0 Å². The van der Waals surface area contributed by atoms with E-state index in [4.69, 9.17) is 0 Å². The van der Waals surface area contributed by atoms with Crippen LogP contribution >= 0.6 is 0 Å². The fourth-order valence-electron chi connectivity index (χ4n) is 0.880. The number of allylic oxidation sites excluding steroid dienone is 4. The lowest BCUT2D eigenvalue weighted by Crippen LogP contribution is -1.97. The van der Waals surface area contributed by atoms with Gasteiger partial charge >= 0.3 is 0 Å². The zero-order valence-corrected chi connectivity index (χ0v) is 6.98. The predicted molar refractivity (Wildman–Crippen MR) is 48.0 cm³/mol. The van der Waals surface area contributed by atoms with Crippen LogP contribution in [0.3, 0.4) is 0 Å². The summed E-state index contributed by atoms with van der Waals surface area (Å²) >= 11 is 0. The van der Waals surface area contributed by atoms with Gasteiger partial charge in [-0.05, 0) is 24.0 Å². The molecule has 0 unspecified atom stereocenters. The first-order chi connectivity index (χ1) is 4.88. The van der Waals surface area contributed by atoms with Crippen LogP contribution in [0.15, 0.2) is 36.5 Å². The number of hydrogen-bond donors (Lipinski definition) is 0. The van der Waals surface area contributed by atoms with Crippen molar-refractivity contribution in [1.29, 1.82) is 0 Å². The van der Waals surface area contributed by atoms with Gasteiger partial charge in [0.1, 0.15) is 0 Å². The summed E-state index contributed by atoms with van der Waals surface area (Å²) in [4.78, 5) is 0. The largest absolute Gasteiger partial charge is 0.0988 e. The van der Waals surface area contributed by atoms with Crippen molar-refractivity contribution in [3.63, 3.8) is 0 Å². The number of hydrogen-bond acceptors (Lipinski definition) is 0. The van der Waals surface area contributed by atoms with E-state index in [0.717, 1.165) is 0 Å². The SMILES string of the molecule is C=CC1=C(C=C)CC1.CC. The minimum Gasteiger partial charge on any atom is -0.0988 e. The van der Waals surface area contributed by atoms with E-state index in [1.165, 1.54) is 24.0 Å². The van der Waals surface area contributed by atoms with Crippen LogP contribution in [0.4, 0.5) is 0 Å². The van der Waals surface area contributed by atoms with Gasteiger partial charge in [0, 0.05) is 0 Å². The molecular formula is C10H16. The molecule has 0 fully saturated rings. The summed E-state index contributed by atoms with van der Waals surface area (Å²) in [6.45, 7) is 11.4. The van der Waals surface area contributed by atoms with E-state index in [0.29, 0.717) is 0 Å². The summed E-state index contributed by atoms with van der Waals surface area (Å²) in [5, 5.41) is 0. The van der Waals surface area contributed by atoms with Gasteiger partial charge in [0.15, 0.2) is 0 Å². The Balaban J connectivity index is 0.000000371. The van der Waals surface area contributed by atoms with Crippen LogP contribution in [0.5, 0.6) is 0 Å². The van der Waals surface area contributed by atoms with Gasteiger partial charge < -0.3 is 0 Å². The second-order valence-corrected chi connectivity index (χ2v) is 1.96. The van der Waals surface area contributed by atoms with Gasteiger partial charge in [-0.15, -0.1) is 0 Å². The van der Waals surface area contributed by atoms with Crippen LogP contribution in [-0.2, 0) is 0 Å². The first kappa shape index (κ1) is 9.22. The zero-order chi connectivity index (χ0) is 7.98. The van der Waals surface area contributed by atoms with Gasteiger partial charge in [-0.2, -0.15) is 0 Å². The topological polar surface area (TPSA) is 0 Å². The fourth-order valence-corrected chi connectivity index (χ4v) is 0.880. The average molecular weight is 136 g/mol. The maximum Gasteiger partial charge on any atom is -0.0236 e. The smallest absolute Gasteiger partial charge is 0.0236 e. The highest BCUT2D eigenvalue weighted by molar-refractivity contribution is 5.38. The van der Waals surface area contributed by atoms with Crippen molar-refractivity contribution < 1.29 is 0 Å². The highest BCUT2D eigenvalue weighted by atomic mass is 14.1. The van der Waals surface area contributed by atoms with Gasteiger partial charge in [0.25, 0.3) is 0 Å². The van der Waals surface area contributed by atoms with Gasteiger partial charge in [0.05, 0.1) is 0 Å². The average Bonchev–Trinajstić information content (AvgIpc) is 1.92. The molecule has 0 atom stereocenters. The highest BCUT2D eigenvalue weighted by Crippen LogP contribution is 2.28. The molecular weight excluding hydrogens is 120 g/mol. The molecule has 56 valence electrons. The first-order valence-corrected chi connectivity index (χ1v) is 3.85. The van der Waals surface area contributed by atoms with E-state index in [9.17, 15) is 0 Å². The third kappa shape index (κ3) is 1.87. The second-order valence-electron chi connectivity index (χ2n) is 1.96. The van der Waals surface area contributed by atoms with Crippen LogP contribution < -0.4 is 0 Å². The highest BCUT2D eigenvalue weighted by Gasteiger charge is 2.09. The second kappa shape index (κ2) is 5.04. The third-order valence-corrected chi connectivity index (χ3v) is 1.57. The molecule has 0 heterocycles. The lowest BCUT2D eigenvalue weighted by atomic mass is 9.89. The number of rotatable bonds is 2. The van der Waals surface area contributed by atoms with E-state index in [2.05, 4.69) is 13.2 Å². The van der Waals surface area contributed by atoms with Crippen molar-refractivity contribution >= 4 is 0 Å². The molecule has 1 rings (SSSR count). The molecule has 0 nitrogen and oxygen atoms in total. The normalized spacial score (nSPS) is 14.6. The molecule has 1 aliphatic carbocycles. The van der Waals surface area contributed by atoms with Crippen LogP contribution in [0.1, 0.15) is 26.7 Å². The summed E-state index contributed by atoms with van der Waals surface area (Å²) in [7, 11) is 0. The molecule has 1 aliphatic rings. The van der Waals surface area contributed by atoms with Crippen molar-refractivity contribution in [2.24, 2.45) is 0 Å². The standard InChI is InChI=1S/C8H10.C2H6/c1-3-7-5-6-8(7)4-2;1-2/h3-4H,1-2,5-6H2;1-2H3. The Morgan fingerprint density at radius 1 is 1.00 bits per heavy atom. The maximum atomic E-state index is 3.68. The summed E-state index contributed by atoms with van der Waals surface area (Å²) in [6.07, 6.45) is 6.23. The Kier molecular flexibility index (Phi) is 4.65.